The molecule has 3 heteroatoms. The van der Waals surface area contributed by atoms with Crippen LogP contribution in [-0.2, 0) is 4.79 Å². The second-order valence-corrected chi connectivity index (χ2v) is 2.62. The lowest BCUT2D eigenvalue weighted by molar-refractivity contribution is -0.118. The van der Waals surface area contributed by atoms with Gasteiger partial charge in [0, 0.05) is 6.92 Å². The largest absolute Gasteiger partial charge is 0.449 e. The van der Waals surface area contributed by atoms with E-state index in [2.05, 4.69) is 4.98 Å². The van der Waals surface area contributed by atoms with E-state index < -0.39 is 0 Å². The average Bonchev–Trinajstić information content (AvgIpc) is 2.34. The van der Waals surface area contributed by atoms with Crippen LogP contribution in [0.4, 0.5) is 0 Å². The minimum absolute atomic E-state index is 0.110. The molecule has 0 aliphatic rings. The summed E-state index contributed by atoms with van der Waals surface area (Å²) in [5.74, 6) is 0.568. The molecule has 0 aliphatic heterocycles. The second kappa shape index (κ2) is 2.86. The van der Waals surface area contributed by atoms with Gasteiger partial charge in [-0.05, 0) is 13.8 Å². The Morgan fingerprint density at radius 1 is 1.73 bits per heavy atom. The van der Waals surface area contributed by atoms with Gasteiger partial charge in [-0.1, -0.05) is 0 Å². The summed E-state index contributed by atoms with van der Waals surface area (Å²) in [6.07, 6.45) is 1.53. The molecule has 60 valence electrons. The van der Waals surface area contributed by atoms with Crippen molar-refractivity contribution < 1.29 is 9.21 Å². The molecule has 0 aromatic carbocycles. The van der Waals surface area contributed by atoms with Crippen LogP contribution < -0.4 is 0 Å². The van der Waals surface area contributed by atoms with Crippen LogP contribution in [-0.4, -0.2) is 10.8 Å². The third-order valence-electron chi connectivity index (χ3n) is 1.69. The number of rotatable bonds is 2. The van der Waals surface area contributed by atoms with Crippen molar-refractivity contribution in [3.8, 4) is 0 Å². The first-order chi connectivity index (χ1) is 5.11. The molecule has 3 nitrogen and oxygen atoms in total. The zero-order valence-corrected chi connectivity index (χ0v) is 6.92. The highest BCUT2D eigenvalue weighted by Crippen LogP contribution is 2.14. The van der Waals surface area contributed by atoms with Crippen molar-refractivity contribution in [2.24, 2.45) is 0 Å². The molecule has 0 spiro atoms. The quantitative estimate of drug-likeness (QED) is 0.649. The maximum atomic E-state index is 10.9. The zero-order chi connectivity index (χ0) is 8.43. The van der Waals surface area contributed by atoms with E-state index in [0.29, 0.717) is 5.89 Å². The van der Waals surface area contributed by atoms with E-state index in [-0.39, 0.29) is 11.7 Å². The summed E-state index contributed by atoms with van der Waals surface area (Å²) < 4.78 is 4.97. The number of carbonyl (C=O) groups excluding carboxylic acids is 1. The first-order valence-electron chi connectivity index (χ1n) is 3.53. The molecular weight excluding hydrogens is 142 g/mol. The highest BCUT2D eigenvalue weighted by Gasteiger charge is 2.13. The summed E-state index contributed by atoms with van der Waals surface area (Å²) >= 11 is 0. The Balaban J connectivity index is 2.84. The minimum Gasteiger partial charge on any atom is -0.449 e. The molecule has 0 amide bonds. The maximum absolute atomic E-state index is 10.9. The van der Waals surface area contributed by atoms with Crippen molar-refractivity contribution in [1.29, 1.82) is 0 Å². The third-order valence-corrected chi connectivity index (χ3v) is 1.69. The molecule has 1 atom stereocenters. The fraction of sp³-hybridized carbons (Fsp3) is 0.500. The molecule has 1 rings (SSSR count). The summed E-state index contributed by atoms with van der Waals surface area (Å²) in [7, 11) is 0. The molecule has 1 aromatic heterocycles. The van der Waals surface area contributed by atoms with Crippen molar-refractivity contribution in [3.63, 3.8) is 0 Å². The lowest BCUT2D eigenvalue weighted by Crippen LogP contribution is -2.04. The monoisotopic (exact) mass is 153 g/mol. The molecule has 0 aliphatic carbocycles. The Hall–Kier alpha value is -1.12. The van der Waals surface area contributed by atoms with Crippen molar-refractivity contribution in [2.75, 3.05) is 0 Å². The van der Waals surface area contributed by atoms with Gasteiger partial charge in [0.15, 0.2) is 5.89 Å². The zero-order valence-electron chi connectivity index (χ0n) is 6.92. The van der Waals surface area contributed by atoms with Gasteiger partial charge in [0.1, 0.15) is 12.0 Å². The topological polar surface area (TPSA) is 43.1 Å². The van der Waals surface area contributed by atoms with Gasteiger partial charge in [0.2, 0.25) is 0 Å². The fourth-order valence-electron chi connectivity index (χ4n) is 0.787. The standard InChI is InChI=1S/C8H11NO2/c1-5(6(2)10)8-4-11-7(3)9-8/h4-5H,1-3H3. The predicted octanol–water partition coefficient (Wildman–Crippen LogP) is 1.68. The van der Waals surface area contributed by atoms with Crippen molar-refractivity contribution in [1.82, 2.24) is 4.98 Å². The molecular formula is C8H11NO2. The predicted molar refractivity (Wildman–Crippen MR) is 40.3 cm³/mol. The maximum Gasteiger partial charge on any atom is 0.191 e. The summed E-state index contributed by atoms with van der Waals surface area (Å²) in [5.41, 5.74) is 0.718. The lowest BCUT2D eigenvalue weighted by atomic mass is 10.1. The molecule has 0 N–H and O–H groups in total. The first kappa shape index (κ1) is 7.98. The van der Waals surface area contributed by atoms with Crippen LogP contribution in [0.2, 0.25) is 0 Å². The lowest BCUT2D eigenvalue weighted by Gasteiger charge is -1.99. The van der Waals surface area contributed by atoms with Gasteiger partial charge in [0.25, 0.3) is 0 Å². The van der Waals surface area contributed by atoms with Gasteiger partial charge in [-0.3, -0.25) is 4.79 Å². The van der Waals surface area contributed by atoms with Crippen molar-refractivity contribution >= 4 is 5.78 Å². The van der Waals surface area contributed by atoms with Crippen molar-refractivity contribution in [3.05, 3.63) is 17.8 Å². The number of nitrogens with zero attached hydrogens (tertiary/aromatic N) is 1. The molecule has 11 heavy (non-hydrogen) atoms. The van der Waals surface area contributed by atoms with Crippen LogP contribution in [0.1, 0.15) is 31.4 Å². The van der Waals surface area contributed by atoms with Crippen LogP contribution in [0.5, 0.6) is 0 Å². The Morgan fingerprint density at radius 3 is 2.73 bits per heavy atom. The van der Waals surface area contributed by atoms with Gasteiger partial charge < -0.3 is 4.42 Å². The summed E-state index contributed by atoms with van der Waals surface area (Å²) in [6, 6.07) is 0. The van der Waals surface area contributed by atoms with Crippen LogP contribution >= 0.6 is 0 Å². The van der Waals surface area contributed by atoms with E-state index in [4.69, 9.17) is 4.42 Å². The Morgan fingerprint density at radius 2 is 2.36 bits per heavy atom. The number of hydrogen-bond donors (Lipinski definition) is 0. The minimum atomic E-state index is -0.146. The molecule has 1 unspecified atom stereocenters. The van der Waals surface area contributed by atoms with E-state index in [9.17, 15) is 4.79 Å². The number of carbonyl (C=O) groups is 1. The van der Waals surface area contributed by atoms with Crippen LogP contribution in [0, 0.1) is 6.92 Å². The van der Waals surface area contributed by atoms with E-state index >= 15 is 0 Å². The molecule has 1 heterocycles. The molecule has 1 aromatic rings. The summed E-state index contributed by atoms with van der Waals surface area (Å²) in [5, 5.41) is 0. The highest BCUT2D eigenvalue weighted by atomic mass is 16.3. The molecule has 0 saturated carbocycles. The number of Topliss-reactive ketones (excluding diaryl/α,β-unsaturated/α-hetero) is 1. The van der Waals surface area contributed by atoms with Gasteiger partial charge in [-0.15, -0.1) is 0 Å². The Bertz CT molecular complexity index is 265. The van der Waals surface area contributed by atoms with Gasteiger partial charge in [-0.25, -0.2) is 4.98 Å². The summed E-state index contributed by atoms with van der Waals surface area (Å²) in [6.45, 7) is 5.13. The van der Waals surface area contributed by atoms with Crippen LogP contribution in [0.25, 0.3) is 0 Å². The molecule has 0 bridgehead atoms. The van der Waals surface area contributed by atoms with Crippen molar-refractivity contribution in [2.45, 2.75) is 26.7 Å². The summed E-state index contributed by atoms with van der Waals surface area (Å²) in [4.78, 5) is 14.9. The molecule has 0 saturated heterocycles. The number of aryl methyl sites for hydroxylation is 1. The number of hydrogen-bond acceptors (Lipinski definition) is 3. The fourth-order valence-corrected chi connectivity index (χ4v) is 0.787. The van der Waals surface area contributed by atoms with Gasteiger partial charge in [-0.2, -0.15) is 0 Å². The third kappa shape index (κ3) is 1.67. The van der Waals surface area contributed by atoms with E-state index in [0.717, 1.165) is 5.69 Å². The molecule has 0 fully saturated rings. The number of ketones is 1. The van der Waals surface area contributed by atoms with Crippen LogP contribution in [0.15, 0.2) is 10.7 Å². The second-order valence-electron chi connectivity index (χ2n) is 2.62. The number of aromatic nitrogens is 1. The van der Waals surface area contributed by atoms with Gasteiger partial charge >= 0.3 is 0 Å². The van der Waals surface area contributed by atoms with E-state index in [1.54, 1.807) is 13.8 Å². The molecule has 0 radical (unpaired) electrons. The SMILES string of the molecule is CC(=O)C(C)c1coc(C)n1. The van der Waals surface area contributed by atoms with E-state index in [1.165, 1.54) is 6.26 Å². The number of oxazole rings is 1. The normalized spacial score (nSPS) is 13.0. The Labute approximate surface area is 65.4 Å². The van der Waals surface area contributed by atoms with Crippen LogP contribution in [0.3, 0.4) is 0 Å². The first-order valence-corrected chi connectivity index (χ1v) is 3.53. The smallest absolute Gasteiger partial charge is 0.191 e. The van der Waals surface area contributed by atoms with Gasteiger partial charge in [0.05, 0.1) is 11.6 Å². The van der Waals surface area contributed by atoms with E-state index in [1.807, 2.05) is 6.92 Å². The highest BCUT2D eigenvalue weighted by molar-refractivity contribution is 5.82. The average molecular weight is 153 g/mol. The Kier molecular flexibility index (Phi) is 2.08.